The van der Waals surface area contributed by atoms with Gasteiger partial charge in [0.05, 0.1) is 12.7 Å². The third kappa shape index (κ3) is 4.68. The van der Waals surface area contributed by atoms with Gasteiger partial charge in [0.25, 0.3) is 5.91 Å². The van der Waals surface area contributed by atoms with E-state index >= 15 is 0 Å². The van der Waals surface area contributed by atoms with Crippen LogP contribution in [0.5, 0.6) is 11.9 Å². The molecule has 138 valence electrons. The fourth-order valence-corrected chi connectivity index (χ4v) is 3.12. The van der Waals surface area contributed by atoms with E-state index in [4.69, 9.17) is 9.47 Å². The minimum absolute atomic E-state index is 0.0898. The summed E-state index contributed by atoms with van der Waals surface area (Å²) in [5.41, 5.74) is 2.34. The smallest absolute Gasteiger partial charge is 0.317 e. The van der Waals surface area contributed by atoms with E-state index < -0.39 is 0 Å². The largest absolute Gasteiger partial charge is 0.481 e. The molecule has 0 aliphatic heterocycles. The number of nitrogens with one attached hydrogen (secondary N) is 1. The van der Waals surface area contributed by atoms with Crippen LogP contribution in [-0.4, -0.2) is 40.1 Å². The van der Waals surface area contributed by atoms with Gasteiger partial charge >= 0.3 is 6.01 Å². The molecule has 1 aliphatic carbocycles. The minimum atomic E-state index is -0.109. The van der Waals surface area contributed by atoms with E-state index in [-0.39, 0.29) is 18.1 Å². The molecule has 1 saturated carbocycles. The van der Waals surface area contributed by atoms with Crippen molar-refractivity contribution in [1.29, 1.82) is 0 Å². The summed E-state index contributed by atoms with van der Waals surface area (Å²) in [6, 6.07) is 5.91. The number of rotatable bonds is 5. The van der Waals surface area contributed by atoms with E-state index in [9.17, 15) is 4.79 Å². The Kier molecular flexibility index (Phi) is 5.65. The molecule has 1 fully saturated rings. The summed E-state index contributed by atoms with van der Waals surface area (Å²) in [6.45, 7) is 3.87. The Morgan fingerprint density at radius 1 is 1.12 bits per heavy atom. The second-order valence-corrected chi connectivity index (χ2v) is 6.59. The molecule has 0 unspecified atom stereocenters. The molecule has 0 aromatic carbocycles. The number of carbonyl (C=O) groups is 1. The van der Waals surface area contributed by atoms with Gasteiger partial charge in [-0.1, -0.05) is 0 Å². The first kappa shape index (κ1) is 18.1. The summed E-state index contributed by atoms with van der Waals surface area (Å²) in [4.78, 5) is 25.0. The molecular formula is C19H24N4O3. The Morgan fingerprint density at radius 2 is 1.81 bits per heavy atom. The van der Waals surface area contributed by atoms with Gasteiger partial charge in [-0.3, -0.25) is 4.79 Å². The lowest BCUT2D eigenvalue weighted by Gasteiger charge is -2.29. The van der Waals surface area contributed by atoms with Crippen LogP contribution < -0.4 is 14.8 Å². The van der Waals surface area contributed by atoms with E-state index in [0.717, 1.165) is 37.1 Å². The van der Waals surface area contributed by atoms with E-state index in [1.807, 2.05) is 19.9 Å². The van der Waals surface area contributed by atoms with Crippen LogP contribution in [0.2, 0.25) is 0 Å². The predicted molar refractivity (Wildman–Crippen MR) is 96.4 cm³/mol. The zero-order valence-corrected chi connectivity index (χ0v) is 15.4. The van der Waals surface area contributed by atoms with Gasteiger partial charge in [-0.2, -0.15) is 0 Å². The Hall–Kier alpha value is -2.70. The molecule has 0 atom stereocenters. The molecule has 2 aromatic rings. The molecule has 0 radical (unpaired) electrons. The minimum Gasteiger partial charge on any atom is -0.481 e. The first-order chi connectivity index (χ1) is 12.5. The summed E-state index contributed by atoms with van der Waals surface area (Å²) in [6.07, 6.45) is 5.08. The first-order valence-electron chi connectivity index (χ1n) is 8.83. The van der Waals surface area contributed by atoms with Gasteiger partial charge in [0.1, 0.15) is 6.10 Å². The average molecular weight is 356 g/mol. The van der Waals surface area contributed by atoms with Gasteiger partial charge in [0, 0.05) is 29.7 Å². The molecular weight excluding hydrogens is 332 g/mol. The molecule has 2 heterocycles. The first-order valence-corrected chi connectivity index (χ1v) is 8.83. The second-order valence-electron chi connectivity index (χ2n) is 6.59. The summed E-state index contributed by atoms with van der Waals surface area (Å²) in [5.74, 6) is 0.384. The number of methoxy groups -OCH3 is 1. The number of ether oxygens (including phenoxy) is 2. The number of carbonyl (C=O) groups excluding carboxylic acids is 1. The third-order valence-electron chi connectivity index (χ3n) is 4.45. The highest BCUT2D eigenvalue weighted by molar-refractivity contribution is 5.94. The van der Waals surface area contributed by atoms with Gasteiger partial charge in [0.2, 0.25) is 5.88 Å². The van der Waals surface area contributed by atoms with Crippen molar-refractivity contribution >= 4 is 5.91 Å². The van der Waals surface area contributed by atoms with Crippen molar-refractivity contribution in [3.05, 3.63) is 41.3 Å². The normalized spacial score (nSPS) is 19.7. The van der Waals surface area contributed by atoms with Gasteiger partial charge < -0.3 is 14.8 Å². The van der Waals surface area contributed by atoms with E-state index in [0.29, 0.717) is 17.5 Å². The standard InChI is InChI=1S/C19H24N4O3/c1-12-10-13(2)22-19(21-12)26-16-7-5-15(6-8-16)23-18(24)14-4-9-17(25-3)20-11-14/h4,9-11,15-16H,5-8H2,1-3H3,(H,23,24). The molecule has 7 heteroatoms. The molecule has 0 bridgehead atoms. The van der Waals surface area contributed by atoms with E-state index in [1.165, 1.54) is 6.20 Å². The molecule has 7 nitrogen and oxygen atoms in total. The van der Waals surface area contributed by atoms with Gasteiger partial charge in [-0.05, 0) is 51.7 Å². The fraction of sp³-hybridized carbons (Fsp3) is 0.474. The van der Waals surface area contributed by atoms with Crippen LogP contribution in [0.25, 0.3) is 0 Å². The molecule has 2 aromatic heterocycles. The molecule has 1 aliphatic rings. The van der Waals surface area contributed by atoms with Crippen LogP contribution in [0.4, 0.5) is 0 Å². The maximum absolute atomic E-state index is 12.3. The highest BCUT2D eigenvalue weighted by Gasteiger charge is 2.24. The quantitative estimate of drug-likeness (QED) is 0.886. The van der Waals surface area contributed by atoms with Crippen molar-refractivity contribution in [3.63, 3.8) is 0 Å². The van der Waals surface area contributed by atoms with E-state index in [1.54, 1.807) is 19.2 Å². The maximum Gasteiger partial charge on any atom is 0.317 e. The zero-order valence-electron chi connectivity index (χ0n) is 15.4. The van der Waals surface area contributed by atoms with Gasteiger partial charge in [0.15, 0.2) is 0 Å². The van der Waals surface area contributed by atoms with Crippen molar-refractivity contribution in [2.75, 3.05) is 7.11 Å². The number of aryl methyl sites for hydroxylation is 2. The summed E-state index contributed by atoms with van der Waals surface area (Å²) in [7, 11) is 1.55. The SMILES string of the molecule is COc1ccc(C(=O)NC2CCC(Oc3nc(C)cc(C)n3)CC2)cn1. The summed E-state index contributed by atoms with van der Waals surface area (Å²) in [5, 5.41) is 3.07. The van der Waals surface area contributed by atoms with Crippen molar-refractivity contribution < 1.29 is 14.3 Å². The lowest BCUT2D eigenvalue weighted by Crippen LogP contribution is -2.39. The van der Waals surface area contributed by atoms with Crippen LogP contribution >= 0.6 is 0 Å². The van der Waals surface area contributed by atoms with Crippen LogP contribution in [0, 0.1) is 13.8 Å². The van der Waals surface area contributed by atoms with Crippen molar-refractivity contribution in [3.8, 4) is 11.9 Å². The Morgan fingerprint density at radius 3 is 2.38 bits per heavy atom. The highest BCUT2D eigenvalue weighted by atomic mass is 16.5. The maximum atomic E-state index is 12.3. The van der Waals surface area contributed by atoms with Crippen molar-refractivity contribution in [2.24, 2.45) is 0 Å². The lowest BCUT2D eigenvalue weighted by atomic mass is 9.93. The average Bonchev–Trinajstić information content (AvgIpc) is 2.62. The van der Waals surface area contributed by atoms with Crippen molar-refractivity contribution in [2.45, 2.75) is 51.7 Å². The van der Waals surface area contributed by atoms with Gasteiger partial charge in [-0.25, -0.2) is 15.0 Å². The number of hydrogen-bond donors (Lipinski definition) is 1. The van der Waals surface area contributed by atoms with Crippen LogP contribution in [0.15, 0.2) is 24.4 Å². The molecule has 0 spiro atoms. The molecule has 26 heavy (non-hydrogen) atoms. The number of amides is 1. The number of aromatic nitrogens is 3. The molecule has 3 rings (SSSR count). The number of pyridine rings is 1. The molecule has 0 saturated heterocycles. The highest BCUT2D eigenvalue weighted by Crippen LogP contribution is 2.23. The van der Waals surface area contributed by atoms with Crippen molar-refractivity contribution in [1.82, 2.24) is 20.3 Å². The Balaban J connectivity index is 1.49. The zero-order chi connectivity index (χ0) is 18.5. The monoisotopic (exact) mass is 356 g/mol. The topological polar surface area (TPSA) is 86.2 Å². The van der Waals surface area contributed by atoms with Crippen LogP contribution in [-0.2, 0) is 0 Å². The molecule has 1 N–H and O–H groups in total. The van der Waals surface area contributed by atoms with Crippen LogP contribution in [0.1, 0.15) is 47.4 Å². The number of nitrogens with zero attached hydrogens (tertiary/aromatic N) is 3. The predicted octanol–water partition coefficient (Wildman–Crippen LogP) is 2.62. The fourth-order valence-electron chi connectivity index (χ4n) is 3.12. The second kappa shape index (κ2) is 8.12. The summed E-state index contributed by atoms with van der Waals surface area (Å²) < 4.78 is 10.9. The molecule has 1 amide bonds. The lowest BCUT2D eigenvalue weighted by molar-refractivity contribution is 0.0884. The third-order valence-corrected chi connectivity index (χ3v) is 4.45. The van der Waals surface area contributed by atoms with E-state index in [2.05, 4.69) is 20.3 Å². The van der Waals surface area contributed by atoms with Crippen LogP contribution in [0.3, 0.4) is 0 Å². The Labute approximate surface area is 153 Å². The number of hydrogen-bond acceptors (Lipinski definition) is 6. The Bertz CT molecular complexity index is 736. The van der Waals surface area contributed by atoms with Gasteiger partial charge in [-0.15, -0.1) is 0 Å². The summed E-state index contributed by atoms with van der Waals surface area (Å²) >= 11 is 0.